The van der Waals surface area contributed by atoms with Gasteiger partial charge in [-0.15, -0.1) is 22.7 Å². The standard InChI is InChI=1S/C50H55NO2S2/c1-3-5-7-9-31-52-42-27-23-40(24-28-42)51(41-25-29-43(30-26-41)53-32-10-8-6-4-2)39-21-19-38(20-22-39)48-46-36-15-17-37(18-16-36)47(46)50(55-48)49-45-35-13-11-34(12-14-35)44(45)33-54-49/h11,13,15,17,19-30,33-37H,3-10,12,14,16,18,31-32H2,1-2H3. The number of fused-ring (bicyclic) bond motifs is 2. The van der Waals surface area contributed by atoms with Crippen LogP contribution in [0.2, 0.25) is 0 Å². The van der Waals surface area contributed by atoms with E-state index in [1.54, 1.807) is 32.0 Å². The molecule has 0 aliphatic heterocycles. The van der Waals surface area contributed by atoms with Crippen LogP contribution < -0.4 is 14.4 Å². The van der Waals surface area contributed by atoms with E-state index in [9.17, 15) is 0 Å². The van der Waals surface area contributed by atoms with Crippen LogP contribution in [0.1, 0.15) is 137 Å². The maximum atomic E-state index is 6.14. The Labute approximate surface area is 336 Å². The van der Waals surface area contributed by atoms with E-state index in [0.717, 1.165) is 54.6 Å². The molecule has 2 heterocycles. The number of nitrogens with zero attached hydrogens (tertiary/aromatic N) is 1. The molecule has 4 bridgehead atoms. The Hall–Kier alpha value is -4.06. The summed E-state index contributed by atoms with van der Waals surface area (Å²) in [6.45, 7) is 6.03. The first-order valence-corrected chi connectivity index (χ1v) is 22.9. The summed E-state index contributed by atoms with van der Waals surface area (Å²) < 4.78 is 12.3. The van der Waals surface area contributed by atoms with Gasteiger partial charge in [-0.3, -0.25) is 0 Å². The smallest absolute Gasteiger partial charge is 0.119 e. The predicted octanol–water partition coefficient (Wildman–Crippen LogP) is 15.6. The average molecular weight is 766 g/mol. The number of allylic oxidation sites excluding steroid dienone is 4. The number of anilines is 3. The molecule has 0 radical (unpaired) electrons. The fourth-order valence-electron chi connectivity index (χ4n) is 9.45. The summed E-state index contributed by atoms with van der Waals surface area (Å²) in [5.74, 6) is 4.12. The number of ether oxygens (including phenoxy) is 2. The van der Waals surface area contributed by atoms with Gasteiger partial charge in [-0.05, 0) is 132 Å². The van der Waals surface area contributed by atoms with Crippen molar-refractivity contribution in [2.45, 2.75) is 115 Å². The Bertz CT molecular complexity index is 2060. The highest BCUT2D eigenvalue weighted by molar-refractivity contribution is 7.23. The molecule has 3 aromatic carbocycles. The first-order valence-electron chi connectivity index (χ1n) is 21.2. The third kappa shape index (κ3) is 7.35. The number of rotatable bonds is 17. The van der Waals surface area contributed by atoms with E-state index in [1.807, 2.05) is 11.3 Å². The zero-order chi connectivity index (χ0) is 37.1. The highest BCUT2D eigenvalue weighted by Gasteiger charge is 2.39. The summed E-state index contributed by atoms with van der Waals surface area (Å²) in [5.41, 5.74) is 11.2. The van der Waals surface area contributed by atoms with Crippen LogP contribution in [-0.4, -0.2) is 13.2 Å². The molecule has 0 spiro atoms. The van der Waals surface area contributed by atoms with Crippen LogP contribution in [0.4, 0.5) is 17.1 Å². The minimum Gasteiger partial charge on any atom is -0.494 e. The van der Waals surface area contributed by atoms with Crippen LogP contribution in [-0.2, 0) is 0 Å². The lowest BCUT2D eigenvalue weighted by molar-refractivity contribution is 0.305. The van der Waals surface area contributed by atoms with E-state index in [2.05, 4.69) is 133 Å². The molecule has 4 unspecified atom stereocenters. The average Bonchev–Trinajstić information content (AvgIpc) is 3.89. The lowest BCUT2D eigenvalue weighted by Gasteiger charge is -2.34. The van der Waals surface area contributed by atoms with Crippen LogP contribution in [0.3, 0.4) is 0 Å². The number of hydrogen-bond donors (Lipinski definition) is 0. The van der Waals surface area contributed by atoms with Gasteiger partial charge in [0.2, 0.25) is 0 Å². The molecule has 284 valence electrons. The first-order chi connectivity index (χ1) is 27.2. The summed E-state index contributed by atoms with van der Waals surface area (Å²) in [6, 6.07) is 26.7. The second kappa shape index (κ2) is 16.6. The van der Waals surface area contributed by atoms with Crippen molar-refractivity contribution in [1.29, 1.82) is 0 Å². The summed E-state index contributed by atoms with van der Waals surface area (Å²) >= 11 is 4.08. The minimum atomic E-state index is 0.517. The molecule has 3 nitrogen and oxygen atoms in total. The Morgan fingerprint density at radius 1 is 0.509 bits per heavy atom. The van der Waals surface area contributed by atoms with Gasteiger partial charge in [-0.25, -0.2) is 0 Å². The zero-order valence-electron chi connectivity index (χ0n) is 32.6. The quantitative estimate of drug-likeness (QED) is 0.0695. The van der Waals surface area contributed by atoms with E-state index in [0.29, 0.717) is 23.7 Å². The molecule has 0 amide bonds. The maximum Gasteiger partial charge on any atom is 0.119 e. The molecule has 4 atom stereocenters. The summed E-state index contributed by atoms with van der Waals surface area (Å²) in [6.07, 6.45) is 24.8. The molecule has 6 aliphatic carbocycles. The molecule has 11 rings (SSSR count). The highest BCUT2D eigenvalue weighted by atomic mass is 32.1. The number of benzene rings is 3. The fourth-order valence-corrected chi connectivity index (χ4v) is 12.3. The topological polar surface area (TPSA) is 21.7 Å². The Morgan fingerprint density at radius 2 is 0.982 bits per heavy atom. The highest BCUT2D eigenvalue weighted by Crippen LogP contribution is 2.60. The van der Waals surface area contributed by atoms with Crippen molar-refractivity contribution < 1.29 is 9.47 Å². The van der Waals surface area contributed by atoms with Crippen molar-refractivity contribution in [3.05, 3.63) is 125 Å². The van der Waals surface area contributed by atoms with Crippen molar-refractivity contribution >= 4 is 39.7 Å². The SMILES string of the molecule is CCCCCCOc1ccc(N(c2ccc(OCCCCCC)cc2)c2ccc(-c3sc(-c4scc5c4C4C=CC5CC4)c4c3C3C=CC4CC3)cc2)cc1. The van der Waals surface area contributed by atoms with Crippen LogP contribution in [0.5, 0.6) is 11.5 Å². The molecule has 5 heteroatoms. The molecule has 0 N–H and O–H groups in total. The molecular formula is C50H55NO2S2. The summed E-state index contributed by atoms with van der Waals surface area (Å²) in [5, 5.41) is 2.50. The van der Waals surface area contributed by atoms with Crippen LogP contribution in [0.15, 0.2) is 102 Å². The minimum absolute atomic E-state index is 0.517. The van der Waals surface area contributed by atoms with Crippen molar-refractivity contribution in [2.24, 2.45) is 0 Å². The Balaban J connectivity index is 1.03. The molecular weight excluding hydrogens is 711 g/mol. The molecule has 6 aliphatic rings. The van der Waals surface area contributed by atoms with Gasteiger partial charge < -0.3 is 14.4 Å². The largest absolute Gasteiger partial charge is 0.494 e. The van der Waals surface area contributed by atoms with E-state index in [-0.39, 0.29) is 0 Å². The molecule has 2 aromatic heterocycles. The van der Waals surface area contributed by atoms with Crippen molar-refractivity contribution in [1.82, 2.24) is 0 Å². The van der Waals surface area contributed by atoms with Crippen LogP contribution >= 0.6 is 22.7 Å². The molecule has 5 aromatic rings. The van der Waals surface area contributed by atoms with E-state index >= 15 is 0 Å². The van der Waals surface area contributed by atoms with Crippen molar-refractivity contribution in [3.63, 3.8) is 0 Å². The van der Waals surface area contributed by atoms with Gasteiger partial charge in [-0.2, -0.15) is 0 Å². The molecule has 0 saturated heterocycles. The van der Waals surface area contributed by atoms with E-state index < -0.39 is 0 Å². The summed E-state index contributed by atoms with van der Waals surface area (Å²) in [4.78, 5) is 6.96. The first kappa shape index (κ1) is 36.6. The zero-order valence-corrected chi connectivity index (χ0v) is 34.2. The van der Waals surface area contributed by atoms with Gasteiger partial charge >= 0.3 is 0 Å². The van der Waals surface area contributed by atoms with E-state index in [4.69, 9.17) is 9.47 Å². The fraction of sp³-hybridized carbons (Fsp3) is 0.400. The number of unbranched alkanes of at least 4 members (excludes halogenated alkanes) is 6. The normalized spacial score (nSPS) is 20.1. The lowest BCUT2D eigenvalue weighted by Crippen LogP contribution is -2.17. The van der Waals surface area contributed by atoms with Gasteiger partial charge in [-0.1, -0.05) is 88.8 Å². The van der Waals surface area contributed by atoms with Crippen LogP contribution in [0, 0.1) is 0 Å². The number of thiophene rings is 2. The lowest BCUT2D eigenvalue weighted by atomic mass is 9.70. The summed E-state index contributed by atoms with van der Waals surface area (Å²) in [7, 11) is 0. The van der Waals surface area contributed by atoms with Gasteiger partial charge in [0.15, 0.2) is 0 Å². The van der Waals surface area contributed by atoms with Gasteiger partial charge in [0.05, 0.1) is 13.2 Å². The van der Waals surface area contributed by atoms with Gasteiger partial charge in [0.1, 0.15) is 11.5 Å². The number of hydrogen-bond acceptors (Lipinski definition) is 5. The van der Waals surface area contributed by atoms with E-state index in [1.165, 1.54) is 74.6 Å². The monoisotopic (exact) mass is 765 g/mol. The van der Waals surface area contributed by atoms with Crippen molar-refractivity contribution in [3.8, 4) is 31.7 Å². The third-order valence-corrected chi connectivity index (χ3v) is 14.8. The predicted molar refractivity (Wildman–Crippen MR) is 235 cm³/mol. The molecule has 0 saturated carbocycles. The van der Waals surface area contributed by atoms with Gasteiger partial charge in [0, 0.05) is 55.4 Å². The molecule has 0 fully saturated rings. The second-order valence-corrected chi connectivity index (χ2v) is 18.0. The van der Waals surface area contributed by atoms with Crippen LogP contribution in [0.25, 0.3) is 20.2 Å². The second-order valence-electron chi connectivity index (χ2n) is 16.1. The van der Waals surface area contributed by atoms with Gasteiger partial charge in [0.25, 0.3) is 0 Å². The van der Waals surface area contributed by atoms with Crippen molar-refractivity contribution in [2.75, 3.05) is 18.1 Å². The third-order valence-electron chi connectivity index (χ3n) is 12.4. The maximum absolute atomic E-state index is 6.14. The molecule has 55 heavy (non-hydrogen) atoms. The Morgan fingerprint density at radius 3 is 1.49 bits per heavy atom. The Kier molecular flexibility index (Phi) is 11.0.